The molecule has 0 saturated heterocycles. The summed E-state index contributed by atoms with van der Waals surface area (Å²) in [5, 5.41) is 11.2. The molecule has 2 N–H and O–H groups in total. The highest BCUT2D eigenvalue weighted by Crippen LogP contribution is 1.88. The molecule has 0 amide bonds. The quantitative estimate of drug-likeness (QED) is 0.603. The second-order valence-electron chi connectivity index (χ2n) is 1.89. The van der Waals surface area contributed by atoms with E-state index in [9.17, 15) is 4.79 Å². The largest absolute Gasteiger partial charge is 0.481 e. The molecule has 3 heteroatoms. The van der Waals surface area contributed by atoms with E-state index < -0.39 is 5.97 Å². The van der Waals surface area contributed by atoms with Crippen LogP contribution in [0.25, 0.3) is 0 Å². The molecule has 3 nitrogen and oxygen atoms in total. The number of carboxylic acids is 1. The Morgan fingerprint density at radius 1 is 1.70 bits per heavy atom. The van der Waals surface area contributed by atoms with E-state index >= 15 is 0 Å². The molecule has 0 bridgehead atoms. The van der Waals surface area contributed by atoms with Crippen molar-refractivity contribution in [3.8, 4) is 0 Å². The summed E-state index contributed by atoms with van der Waals surface area (Å²) in [7, 11) is 0. The third-order valence-electron chi connectivity index (χ3n) is 0.965. The van der Waals surface area contributed by atoms with E-state index in [1.54, 1.807) is 6.20 Å². The summed E-state index contributed by atoms with van der Waals surface area (Å²) in [5.74, 6) is -0.749. The highest BCUT2D eigenvalue weighted by molar-refractivity contribution is 5.66. The first kappa shape index (κ1) is 9.01. The van der Waals surface area contributed by atoms with Crippen LogP contribution in [0.15, 0.2) is 12.3 Å². The maximum Gasteiger partial charge on any atom is 0.303 e. The van der Waals surface area contributed by atoms with Gasteiger partial charge in [-0.1, -0.05) is 6.08 Å². The van der Waals surface area contributed by atoms with Crippen molar-refractivity contribution in [1.29, 1.82) is 0 Å². The molecular formula is C7H13NO2. The van der Waals surface area contributed by atoms with Gasteiger partial charge in [0.25, 0.3) is 0 Å². The molecule has 0 aliphatic carbocycles. The van der Waals surface area contributed by atoms with Crippen molar-refractivity contribution in [2.24, 2.45) is 0 Å². The number of aliphatic carboxylic acids is 1. The first-order valence-electron chi connectivity index (χ1n) is 3.37. The van der Waals surface area contributed by atoms with Gasteiger partial charge in [-0.15, -0.1) is 0 Å². The number of hydrogen-bond donors (Lipinski definition) is 2. The van der Waals surface area contributed by atoms with Crippen molar-refractivity contribution in [1.82, 2.24) is 5.32 Å². The minimum absolute atomic E-state index is 0.210. The minimum atomic E-state index is -0.749. The van der Waals surface area contributed by atoms with Crippen LogP contribution < -0.4 is 5.32 Å². The van der Waals surface area contributed by atoms with Gasteiger partial charge in [0.1, 0.15) is 0 Å². The predicted molar refractivity (Wildman–Crippen MR) is 39.7 cm³/mol. The van der Waals surface area contributed by atoms with Gasteiger partial charge in [-0.3, -0.25) is 4.79 Å². The summed E-state index contributed by atoms with van der Waals surface area (Å²) in [4.78, 5) is 9.98. The van der Waals surface area contributed by atoms with Crippen molar-refractivity contribution in [2.45, 2.75) is 19.8 Å². The fraction of sp³-hybridized carbons (Fsp3) is 0.571. The predicted octanol–water partition coefficient (Wildman–Crippen LogP) is 0.974. The third kappa shape index (κ3) is 7.01. The molecule has 0 fully saturated rings. The van der Waals surface area contributed by atoms with Crippen molar-refractivity contribution in [3.63, 3.8) is 0 Å². The molecule has 0 unspecified atom stereocenters. The zero-order chi connectivity index (χ0) is 7.82. The highest BCUT2D eigenvalue weighted by Gasteiger charge is 1.90. The SMILES string of the molecule is CCNC=CCCC(=O)O. The molecular weight excluding hydrogens is 130 g/mol. The summed E-state index contributed by atoms with van der Waals surface area (Å²) in [6.07, 6.45) is 4.41. The van der Waals surface area contributed by atoms with Gasteiger partial charge in [0.05, 0.1) is 0 Å². The fourth-order valence-corrected chi connectivity index (χ4v) is 0.491. The average Bonchev–Trinajstić information content (AvgIpc) is 1.87. The number of hydrogen-bond acceptors (Lipinski definition) is 2. The van der Waals surface area contributed by atoms with E-state index in [4.69, 9.17) is 5.11 Å². The Balaban J connectivity index is 3.10. The van der Waals surface area contributed by atoms with Crippen LogP contribution in [0.1, 0.15) is 19.8 Å². The molecule has 0 heterocycles. The zero-order valence-electron chi connectivity index (χ0n) is 6.13. The Bertz CT molecular complexity index is 121. The smallest absolute Gasteiger partial charge is 0.303 e. The number of carbonyl (C=O) groups is 1. The lowest BCUT2D eigenvalue weighted by atomic mass is 10.3. The summed E-state index contributed by atoms with van der Waals surface area (Å²) < 4.78 is 0. The Labute approximate surface area is 60.7 Å². The van der Waals surface area contributed by atoms with Crippen LogP contribution in [0.5, 0.6) is 0 Å². The first-order chi connectivity index (χ1) is 4.77. The maximum absolute atomic E-state index is 9.98. The van der Waals surface area contributed by atoms with Crippen LogP contribution >= 0.6 is 0 Å². The van der Waals surface area contributed by atoms with Gasteiger partial charge in [-0.25, -0.2) is 0 Å². The van der Waals surface area contributed by atoms with Gasteiger partial charge in [-0.05, 0) is 19.5 Å². The Kier molecular flexibility index (Phi) is 5.53. The molecule has 0 aromatic rings. The Morgan fingerprint density at radius 2 is 2.40 bits per heavy atom. The normalized spacial score (nSPS) is 10.1. The number of carboxylic acid groups (broad SMARTS) is 1. The number of rotatable bonds is 5. The standard InChI is InChI=1S/C7H13NO2/c1-2-8-6-4-3-5-7(9)10/h4,6,8H,2-3,5H2,1H3,(H,9,10). The van der Waals surface area contributed by atoms with E-state index in [2.05, 4.69) is 5.32 Å². The zero-order valence-corrected chi connectivity index (χ0v) is 6.13. The van der Waals surface area contributed by atoms with E-state index in [-0.39, 0.29) is 6.42 Å². The molecule has 0 saturated carbocycles. The topological polar surface area (TPSA) is 49.3 Å². The molecule has 0 aliphatic heterocycles. The van der Waals surface area contributed by atoms with Crippen molar-refractivity contribution < 1.29 is 9.90 Å². The van der Waals surface area contributed by atoms with Crippen molar-refractivity contribution in [2.75, 3.05) is 6.54 Å². The molecule has 0 spiro atoms. The molecule has 0 atom stereocenters. The van der Waals surface area contributed by atoms with E-state index in [0.717, 1.165) is 6.54 Å². The molecule has 0 radical (unpaired) electrons. The van der Waals surface area contributed by atoms with Gasteiger partial charge in [0.2, 0.25) is 0 Å². The van der Waals surface area contributed by atoms with E-state index in [0.29, 0.717) is 6.42 Å². The number of allylic oxidation sites excluding steroid dienone is 1. The third-order valence-corrected chi connectivity index (χ3v) is 0.965. The van der Waals surface area contributed by atoms with Gasteiger partial charge in [0, 0.05) is 13.0 Å². The van der Waals surface area contributed by atoms with Crippen LogP contribution in [0.4, 0.5) is 0 Å². The van der Waals surface area contributed by atoms with Crippen molar-refractivity contribution in [3.05, 3.63) is 12.3 Å². The fourth-order valence-electron chi connectivity index (χ4n) is 0.491. The molecule has 0 aromatic heterocycles. The van der Waals surface area contributed by atoms with E-state index in [1.165, 1.54) is 0 Å². The lowest BCUT2D eigenvalue weighted by Crippen LogP contribution is -2.01. The van der Waals surface area contributed by atoms with E-state index in [1.807, 2.05) is 13.0 Å². The monoisotopic (exact) mass is 143 g/mol. The lowest BCUT2D eigenvalue weighted by molar-refractivity contribution is -0.136. The van der Waals surface area contributed by atoms with Crippen LogP contribution in [0, 0.1) is 0 Å². The average molecular weight is 143 g/mol. The summed E-state index contributed by atoms with van der Waals surface area (Å²) in [5.41, 5.74) is 0. The Morgan fingerprint density at radius 3 is 2.90 bits per heavy atom. The molecule has 58 valence electrons. The summed E-state index contributed by atoms with van der Waals surface area (Å²) in [6, 6.07) is 0. The Hall–Kier alpha value is -0.990. The van der Waals surface area contributed by atoms with Crippen LogP contribution in [-0.2, 0) is 4.79 Å². The second kappa shape index (κ2) is 6.13. The minimum Gasteiger partial charge on any atom is -0.481 e. The van der Waals surface area contributed by atoms with Crippen molar-refractivity contribution >= 4 is 5.97 Å². The van der Waals surface area contributed by atoms with Crippen LogP contribution in [0.3, 0.4) is 0 Å². The molecule has 10 heavy (non-hydrogen) atoms. The maximum atomic E-state index is 9.98. The van der Waals surface area contributed by atoms with Gasteiger partial charge in [0.15, 0.2) is 0 Å². The molecule has 0 aromatic carbocycles. The second-order valence-corrected chi connectivity index (χ2v) is 1.89. The molecule has 0 rings (SSSR count). The first-order valence-corrected chi connectivity index (χ1v) is 3.37. The van der Waals surface area contributed by atoms with Gasteiger partial charge in [-0.2, -0.15) is 0 Å². The van der Waals surface area contributed by atoms with Gasteiger partial charge >= 0.3 is 5.97 Å². The number of nitrogens with one attached hydrogen (secondary N) is 1. The van der Waals surface area contributed by atoms with Crippen LogP contribution in [-0.4, -0.2) is 17.6 Å². The lowest BCUT2D eigenvalue weighted by Gasteiger charge is -1.90. The summed E-state index contributed by atoms with van der Waals surface area (Å²) in [6.45, 7) is 2.87. The van der Waals surface area contributed by atoms with Gasteiger partial charge < -0.3 is 10.4 Å². The van der Waals surface area contributed by atoms with Crippen LogP contribution in [0.2, 0.25) is 0 Å². The highest BCUT2D eigenvalue weighted by atomic mass is 16.4. The molecule has 0 aliphatic rings. The summed E-state index contributed by atoms with van der Waals surface area (Å²) >= 11 is 0.